The van der Waals surface area contributed by atoms with Crippen molar-refractivity contribution in [1.29, 1.82) is 0 Å². The molecule has 0 saturated heterocycles. The van der Waals surface area contributed by atoms with Crippen molar-refractivity contribution in [2.24, 2.45) is 5.73 Å². The number of methoxy groups -OCH3 is 1. The highest BCUT2D eigenvalue weighted by atomic mass is 35.5. The Bertz CT molecular complexity index is 385. The second-order valence-electron chi connectivity index (χ2n) is 4.14. The van der Waals surface area contributed by atoms with Gasteiger partial charge in [-0.2, -0.15) is 0 Å². The minimum absolute atomic E-state index is 0.149. The lowest BCUT2D eigenvalue weighted by molar-refractivity contribution is 0.408. The summed E-state index contributed by atoms with van der Waals surface area (Å²) in [7, 11) is 1.67. The molecule has 2 N–H and O–H groups in total. The van der Waals surface area contributed by atoms with Gasteiger partial charge in [0.05, 0.1) is 7.11 Å². The minimum atomic E-state index is -0.149. The van der Waals surface area contributed by atoms with Crippen LogP contribution in [-0.4, -0.2) is 7.11 Å². The smallest absolute Gasteiger partial charge is 0.123 e. The zero-order chi connectivity index (χ0) is 11.1. The summed E-state index contributed by atoms with van der Waals surface area (Å²) >= 11 is 6.06. The largest absolute Gasteiger partial charge is 0.496 e. The Labute approximate surface area is 95.4 Å². The molecule has 0 heterocycles. The summed E-state index contributed by atoms with van der Waals surface area (Å²) in [4.78, 5) is 0. The Morgan fingerprint density at radius 2 is 2.13 bits per heavy atom. The van der Waals surface area contributed by atoms with Crippen molar-refractivity contribution in [3.8, 4) is 5.75 Å². The molecule has 82 valence electrons. The third-order valence-electron chi connectivity index (χ3n) is 3.07. The molecule has 1 aliphatic carbocycles. The quantitative estimate of drug-likeness (QED) is 0.859. The predicted octanol–water partition coefficient (Wildman–Crippen LogP) is 2.86. The van der Waals surface area contributed by atoms with Crippen LogP contribution < -0.4 is 10.5 Å². The lowest BCUT2D eigenvalue weighted by Crippen LogP contribution is -2.21. The van der Waals surface area contributed by atoms with Crippen LogP contribution in [-0.2, 0) is 12.0 Å². The standard InChI is InChI=1S/C12H16ClNO/c1-3-9-10(12(14)4-5-12)6-8(13)7-11(9)15-2/h6-7H,3-5,14H2,1-2H3. The van der Waals surface area contributed by atoms with Crippen LogP contribution in [0.1, 0.15) is 30.9 Å². The van der Waals surface area contributed by atoms with E-state index in [2.05, 4.69) is 6.92 Å². The summed E-state index contributed by atoms with van der Waals surface area (Å²) in [5.74, 6) is 0.858. The lowest BCUT2D eigenvalue weighted by atomic mass is 9.96. The number of hydrogen-bond acceptors (Lipinski definition) is 2. The summed E-state index contributed by atoms with van der Waals surface area (Å²) in [5, 5.41) is 0.704. The van der Waals surface area contributed by atoms with Crippen molar-refractivity contribution in [1.82, 2.24) is 0 Å². The van der Waals surface area contributed by atoms with Crippen LogP contribution in [0.5, 0.6) is 5.75 Å². The Morgan fingerprint density at radius 3 is 2.60 bits per heavy atom. The van der Waals surface area contributed by atoms with Crippen molar-refractivity contribution < 1.29 is 4.74 Å². The number of rotatable bonds is 3. The first-order chi connectivity index (χ1) is 7.10. The highest BCUT2D eigenvalue weighted by molar-refractivity contribution is 6.30. The number of nitrogens with two attached hydrogens (primary N) is 1. The summed E-state index contributed by atoms with van der Waals surface area (Å²) in [6.45, 7) is 2.11. The van der Waals surface area contributed by atoms with E-state index < -0.39 is 0 Å². The summed E-state index contributed by atoms with van der Waals surface area (Å²) in [5.41, 5.74) is 8.43. The fourth-order valence-corrected chi connectivity index (χ4v) is 2.22. The van der Waals surface area contributed by atoms with Crippen LogP contribution >= 0.6 is 11.6 Å². The van der Waals surface area contributed by atoms with E-state index in [-0.39, 0.29) is 5.54 Å². The van der Waals surface area contributed by atoms with E-state index in [9.17, 15) is 0 Å². The molecule has 0 unspecified atom stereocenters. The number of benzene rings is 1. The summed E-state index contributed by atoms with van der Waals surface area (Å²) < 4.78 is 5.34. The predicted molar refractivity (Wildman–Crippen MR) is 62.5 cm³/mol. The molecule has 0 bridgehead atoms. The third-order valence-corrected chi connectivity index (χ3v) is 3.29. The van der Waals surface area contributed by atoms with Gasteiger partial charge in [0.25, 0.3) is 0 Å². The van der Waals surface area contributed by atoms with Crippen LogP contribution in [0.3, 0.4) is 0 Å². The Balaban J connectivity index is 2.56. The molecule has 0 aromatic heterocycles. The van der Waals surface area contributed by atoms with Gasteiger partial charge in [0.1, 0.15) is 5.75 Å². The third kappa shape index (κ3) is 1.84. The summed E-state index contributed by atoms with van der Waals surface area (Å²) in [6.07, 6.45) is 3.02. The Hall–Kier alpha value is -0.730. The zero-order valence-corrected chi connectivity index (χ0v) is 9.90. The van der Waals surface area contributed by atoms with Crippen molar-refractivity contribution >= 4 is 11.6 Å². The zero-order valence-electron chi connectivity index (χ0n) is 9.14. The Morgan fingerprint density at radius 1 is 1.47 bits per heavy atom. The molecule has 0 radical (unpaired) electrons. The fraction of sp³-hybridized carbons (Fsp3) is 0.500. The second kappa shape index (κ2) is 3.69. The molecule has 0 spiro atoms. The molecule has 1 aliphatic rings. The average molecular weight is 226 g/mol. The molecule has 0 atom stereocenters. The van der Waals surface area contributed by atoms with Gasteiger partial charge < -0.3 is 10.5 Å². The maximum atomic E-state index is 6.22. The number of halogens is 1. The first-order valence-corrected chi connectivity index (χ1v) is 5.64. The fourth-order valence-electron chi connectivity index (χ4n) is 2.01. The SMILES string of the molecule is CCc1c(OC)cc(Cl)cc1C1(N)CC1. The molecule has 1 aromatic rings. The van der Waals surface area contributed by atoms with Gasteiger partial charge in [0, 0.05) is 10.6 Å². The number of hydrogen-bond donors (Lipinski definition) is 1. The first-order valence-electron chi connectivity index (χ1n) is 5.26. The van der Waals surface area contributed by atoms with Gasteiger partial charge in [-0.3, -0.25) is 0 Å². The van der Waals surface area contributed by atoms with E-state index in [0.29, 0.717) is 5.02 Å². The van der Waals surface area contributed by atoms with Gasteiger partial charge in [-0.05, 0) is 42.5 Å². The maximum absolute atomic E-state index is 6.22. The second-order valence-corrected chi connectivity index (χ2v) is 4.58. The van der Waals surface area contributed by atoms with E-state index in [1.165, 1.54) is 5.56 Å². The van der Waals surface area contributed by atoms with Crippen LogP contribution in [0.25, 0.3) is 0 Å². The van der Waals surface area contributed by atoms with Gasteiger partial charge in [-0.25, -0.2) is 0 Å². The van der Waals surface area contributed by atoms with E-state index in [1.54, 1.807) is 7.11 Å². The van der Waals surface area contributed by atoms with Crippen LogP contribution in [0.2, 0.25) is 5.02 Å². The van der Waals surface area contributed by atoms with Gasteiger partial charge in [0.2, 0.25) is 0 Å². The van der Waals surface area contributed by atoms with Crippen molar-refractivity contribution in [3.05, 3.63) is 28.3 Å². The molecular weight excluding hydrogens is 210 g/mol. The average Bonchev–Trinajstić information content (AvgIpc) is 2.96. The first kappa shape index (κ1) is 10.8. The van der Waals surface area contributed by atoms with E-state index in [4.69, 9.17) is 22.1 Å². The van der Waals surface area contributed by atoms with Gasteiger partial charge in [-0.1, -0.05) is 18.5 Å². The molecule has 3 heteroatoms. The molecule has 0 amide bonds. The normalized spacial score (nSPS) is 17.6. The highest BCUT2D eigenvalue weighted by Gasteiger charge is 2.42. The number of ether oxygens (including phenoxy) is 1. The van der Waals surface area contributed by atoms with Crippen LogP contribution in [0.4, 0.5) is 0 Å². The van der Waals surface area contributed by atoms with Crippen molar-refractivity contribution in [2.45, 2.75) is 31.7 Å². The van der Waals surface area contributed by atoms with Crippen molar-refractivity contribution in [2.75, 3.05) is 7.11 Å². The van der Waals surface area contributed by atoms with E-state index in [0.717, 1.165) is 30.6 Å². The lowest BCUT2D eigenvalue weighted by Gasteiger charge is -2.18. The molecule has 1 aromatic carbocycles. The molecule has 2 rings (SSSR count). The molecule has 0 aliphatic heterocycles. The monoisotopic (exact) mass is 225 g/mol. The molecule has 15 heavy (non-hydrogen) atoms. The van der Waals surface area contributed by atoms with Crippen LogP contribution in [0, 0.1) is 0 Å². The Kier molecular flexibility index (Phi) is 2.65. The topological polar surface area (TPSA) is 35.2 Å². The van der Waals surface area contributed by atoms with E-state index >= 15 is 0 Å². The summed E-state index contributed by atoms with van der Waals surface area (Å²) in [6, 6.07) is 3.84. The highest BCUT2D eigenvalue weighted by Crippen LogP contribution is 2.46. The van der Waals surface area contributed by atoms with Crippen molar-refractivity contribution in [3.63, 3.8) is 0 Å². The van der Waals surface area contributed by atoms with Gasteiger partial charge in [-0.15, -0.1) is 0 Å². The van der Waals surface area contributed by atoms with Gasteiger partial charge >= 0.3 is 0 Å². The molecular formula is C12H16ClNO. The molecule has 1 fully saturated rings. The van der Waals surface area contributed by atoms with Crippen LogP contribution in [0.15, 0.2) is 12.1 Å². The molecule has 1 saturated carbocycles. The maximum Gasteiger partial charge on any atom is 0.123 e. The van der Waals surface area contributed by atoms with E-state index in [1.807, 2.05) is 12.1 Å². The van der Waals surface area contributed by atoms with Gasteiger partial charge in [0.15, 0.2) is 0 Å². The molecule has 2 nitrogen and oxygen atoms in total. The minimum Gasteiger partial charge on any atom is -0.496 e.